The molecule has 5 heteroatoms. The summed E-state index contributed by atoms with van der Waals surface area (Å²) >= 11 is 1.31. The van der Waals surface area contributed by atoms with Gasteiger partial charge in [-0.2, -0.15) is 0 Å². The van der Waals surface area contributed by atoms with Crippen LogP contribution >= 0.6 is 11.8 Å². The van der Waals surface area contributed by atoms with Crippen molar-refractivity contribution >= 4 is 17.7 Å². The number of aliphatic hydroxyl groups is 1. The van der Waals surface area contributed by atoms with Crippen LogP contribution in [0.15, 0.2) is 23.4 Å². The van der Waals surface area contributed by atoms with Crippen LogP contribution in [0.1, 0.15) is 24.2 Å². The van der Waals surface area contributed by atoms with Gasteiger partial charge in [0.2, 0.25) is 0 Å². The molecule has 0 amide bonds. The number of carboxylic acid groups (broad SMARTS) is 1. The molecule has 0 fully saturated rings. The number of pyridine rings is 1. The van der Waals surface area contributed by atoms with E-state index in [9.17, 15) is 9.90 Å². The van der Waals surface area contributed by atoms with Gasteiger partial charge in [-0.15, -0.1) is 11.8 Å². The van der Waals surface area contributed by atoms with Crippen LogP contribution in [0.2, 0.25) is 0 Å². The minimum atomic E-state index is -0.974. The molecule has 4 nitrogen and oxygen atoms in total. The van der Waals surface area contributed by atoms with Gasteiger partial charge >= 0.3 is 5.97 Å². The standard InChI is InChI=1S/C10H13NO3S/c1-6(12)7(2)15-9-5-11-4-3-8(9)10(13)14/h3-7,12H,1-2H3,(H,13,14). The second kappa shape index (κ2) is 5.14. The van der Waals surface area contributed by atoms with Crippen LogP contribution in [-0.2, 0) is 0 Å². The van der Waals surface area contributed by atoms with Gasteiger partial charge in [0.15, 0.2) is 0 Å². The summed E-state index contributed by atoms with van der Waals surface area (Å²) in [7, 11) is 0. The summed E-state index contributed by atoms with van der Waals surface area (Å²) in [6.45, 7) is 3.52. The molecule has 2 atom stereocenters. The van der Waals surface area contributed by atoms with E-state index in [0.29, 0.717) is 4.90 Å². The highest BCUT2D eigenvalue weighted by Gasteiger charge is 2.15. The highest BCUT2D eigenvalue weighted by molar-refractivity contribution is 8.00. The molecular formula is C10H13NO3S. The maximum absolute atomic E-state index is 10.9. The molecule has 1 aromatic rings. The lowest BCUT2D eigenvalue weighted by Crippen LogP contribution is -2.15. The molecule has 2 N–H and O–H groups in total. The molecular weight excluding hydrogens is 214 g/mol. The van der Waals surface area contributed by atoms with E-state index in [2.05, 4.69) is 4.98 Å². The van der Waals surface area contributed by atoms with Gasteiger partial charge in [-0.1, -0.05) is 6.92 Å². The maximum atomic E-state index is 10.9. The fraction of sp³-hybridized carbons (Fsp3) is 0.400. The Bertz CT molecular complexity index is 354. The van der Waals surface area contributed by atoms with E-state index in [1.54, 1.807) is 6.92 Å². The Kier molecular flexibility index (Phi) is 4.11. The van der Waals surface area contributed by atoms with E-state index >= 15 is 0 Å². The van der Waals surface area contributed by atoms with Gasteiger partial charge in [-0.25, -0.2) is 4.79 Å². The number of hydrogen-bond donors (Lipinski definition) is 2. The summed E-state index contributed by atoms with van der Waals surface area (Å²) < 4.78 is 0. The lowest BCUT2D eigenvalue weighted by Gasteiger charge is -2.14. The van der Waals surface area contributed by atoms with Crippen molar-refractivity contribution in [1.29, 1.82) is 0 Å². The third-order valence-electron chi connectivity index (χ3n) is 2.01. The van der Waals surface area contributed by atoms with Crippen molar-refractivity contribution in [2.24, 2.45) is 0 Å². The lowest BCUT2D eigenvalue weighted by molar-refractivity contribution is 0.0693. The first kappa shape index (κ1) is 12.0. The number of aromatic nitrogens is 1. The topological polar surface area (TPSA) is 70.4 Å². The third kappa shape index (κ3) is 3.21. The smallest absolute Gasteiger partial charge is 0.336 e. The highest BCUT2D eigenvalue weighted by Crippen LogP contribution is 2.27. The Morgan fingerprint density at radius 2 is 2.20 bits per heavy atom. The van der Waals surface area contributed by atoms with Crippen molar-refractivity contribution < 1.29 is 15.0 Å². The molecule has 15 heavy (non-hydrogen) atoms. The van der Waals surface area contributed by atoms with Crippen molar-refractivity contribution in [3.05, 3.63) is 24.0 Å². The number of nitrogens with zero attached hydrogens (tertiary/aromatic N) is 1. The predicted octanol–water partition coefficient (Wildman–Crippen LogP) is 1.64. The molecule has 0 saturated carbocycles. The molecule has 1 rings (SSSR count). The Balaban J connectivity index is 2.89. The van der Waals surface area contributed by atoms with E-state index in [-0.39, 0.29) is 10.8 Å². The second-order valence-corrected chi connectivity index (χ2v) is 4.66. The average molecular weight is 227 g/mol. The Morgan fingerprint density at radius 1 is 1.53 bits per heavy atom. The summed E-state index contributed by atoms with van der Waals surface area (Å²) in [5.74, 6) is -0.974. The van der Waals surface area contributed by atoms with Crippen molar-refractivity contribution in [2.75, 3.05) is 0 Å². The van der Waals surface area contributed by atoms with Gasteiger partial charge in [-0.3, -0.25) is 4.98 Å². The predicted molar refractivity (Wildman–Crippen MR) is 58.2 cm³/mol. The quantitative estimate of drug-likeness (QED) is 0.765. The lowest BCUT2D eigenvalue weighted by atomic mass is 10.3. The molecule has 0 aliphatic heterocycles. The zero-order chi connectivity index (χ0) is 11.4. The van der Waals surface area contributed by atoms with Crippen LogP contribution < -0.4 is 0 Å². The van der Waals surface area contributed by atoms with Crippen molar-refractivity contribution in [3.8, 4) is 0 Å². The fourth-order valence-corrected chi connectivity index (χ4v) is 1.95. The van der Waals surface area contributed by atoms with Crippen molar-refractivity contribution in [1.82, 2.24) is 4.98 Å². The van der Waals surface area contributed by atoms with Gasteiger partial charge in [0.05, 0.1) is 11.7 Å². The molecule has 0 bridgehead atoms. The minimum absolute atomic E-state index is 0.0627. The van der Waals surface area contributed by atoms with Crippen LogP contribution in [0.5, 0.6) is 0 Å². The monoisotopic (exact) mass is 227 g/mol. The highest BCUT2D eigenvalue weighted by atomic mass is 32.2. The van der Waals surface area contributed by atoms with Crippen LogP contribution in [0.3, 0.4) is 0 Å². The summed E-state index contributed by atoms with van der Waals surface area (Å²) in [6, 6.07) is 1.46. The normalized spacial score (nSPS) is 14.6. The number of carbonyl (C=O) groups is 1. The minimum Gasteiger partial charge on any atom is -0.478 e. The third-order valence-corrected chi connectivity index (χ3v) is 3.35. The summed E-state index contributed by atoms with van der Waals surface area (Å²) in [4.78, 5) is 15.3. The molecule has 0 aliphatic carbocycles. The molecule has 0 spiro atoms. The Hall–Kier alpha value is -1.07. The van der Waals surface area contributed by atoms with Gasteiger partial charge < -0.3 is 10.2 Å². The molecule has 1 heterocycles. The SMILES string of the molecule is CC(O)C(C)Sc1cnccc1C(=O)O. The average Bonchev–Trinajstić information content (AvgIpc) is 2.18. The van der Waals surface area contributed by atoms with Crippen LogP contribution in [0, 0.1) is 0 Å². The molecule has 0 aliphatic rings. The molecule has 0 saturated heterocycles. The first-order chi connectivity index (χ1) is 7.02. The second-order valence-electron chi connectivity index (χ2n) is 3.24. The maximum Gasteiger partial charge on any atom is 0.336 e. The van der Waals surface area contributed by atoms with Gasteiger partial charge in [0, 0.05) is 22.5 Å². The Morgan fingerprint density at radius 3 is 2.73 bits per heavy atom. The molecule has 2 unspecified atom stereocenters. The number of aliphatic hydroxyl groups excluding tert-OH is 1. The van der Waals surface area contributed by atoms with Gasteiger partial charge in [0.1, 0.15) is 0 Å². The summed E-state index contributed by atoms with van der Waals surface area (Å²) in [5.41, 5.74) is 0.225. The number of carboxylic acids is 1. The van der Waals surface area contributed by atoms with Crippen LogP contribution in [0.25, 0.3) is 0 Å². The van der Waals surface area contributed by atoms with Crippen molar-refractivity contribution in [3.63, 3.8) is 0 Å². The van der Waals surface area contributed by atoms with Gasteiger partial charge in [0.25, 0.3) is 0 Å². The number of aromatic carboxylic acids is 1. The largest absolute Gasteiger partial charge is 0.478 e. The molecule has 82 valence electrons. The number of thioether (sulfide) groups is 1. The van der Waals surface area contributed by atoms with E-state index in [4.69, 9.17) is 5.11 Å². The number of rotatable bonds is 4. The number of hydrogen-bond acceptors (Lipinski definition) is 4. The van der Waals surface area contributed by atoms with Crippen LogP contribution in [-0.4, -0.2) is 32.5 Å². The van der Waals surface area contributed by atoms with Crippen molar-refractivity contribution in [2.45, 2.75) is 30.1 Å². The van der Waals surface area contributed by atoms with E-state index in [1.807, 2.05) is 6.92 Å². The van der Waals surface area contributed by atoms with E-state index < -0.39 is 12.1 Å². The summed E-state index contributed by atoms with van der Waals surface area (Å²) in [6.07, 6.45) is 2.46. The zero-order valence-electron chi connectivity index (χ0n) is 8.54. The fourth-order valence-electron chi connectivity index (χ4n) is 0.949. The zero-order valence-corrected chi connectivity index (χ0v) is 9.36. The van der Waals surface area contributed by atoms with Gasteiger partial charge in [-0.05, 0) is 13.0 Å². The van der Waals surface area contributed by atoms with Crippen LogP contribution in [0.4, 0.5) is 0 Å². The van der Waals surface area contributed by atoms with E-state index in [0.717, 1.165) is 0 Å². The first-order valence-electron chi connectivity index (χ1n) is 4.54. The Labute approximate surface area is 92.3 Å². The molecule has 0 aromatic carbocycles. The molecule has 1 aromatic heterocycles. The van der Waals surface area contributed by atoms with E-state index in [1.165, 1.54) is 30.2 Å². The molecule has 0 radical (unpaired) electrons. The first-order valence-corrected chi connectivity index (χ1v) is 5.42. The summed E-state index contributed by atoms with van der Waals surface area (Å²) in [5, 5.41) is 18.2.